The Labute approximate surface area is 109 Å². The quantitative estimate of drug-likeness (QED) is 0.811. The molecule has 6 nitrogen and oxygen atoms in total. The van der Waals surface area contributed by atoms with Crippen LogP contribution in [0.25, 0.3) is 10.9 Å². The minimum absolute atomic E-state index is 0.299. The summed E-state index contributed by atoms with van der Waals surface area (Å²) in [6.45, 7) is 0. The normalized spacial score (nSPS) is 12.3. The van der Waals surface area contributed by atoms with Gasteiger partial charge < -0.3 is 15.6 Å². The summed E-state index contributed by atoms with van der Waals surface area (Å²) in [5.74, 6) is -0.491. The van der Waals surface area contributed by atoms with Crippen molar-refractivity contribution in [2.24, 2.45) is 5.73 Å². The van der Waals surface area contributed by atoms with Gasteiger partial charge in [-0.2, -0.15) is 0 Å². The fourth-order valence-corrected chi connectivity index (χ4v) is 2.05. The van der Waals surface area contributed by atoms with E-state index in [1.165, 1.54) is 13.3 Å². The van der Waals surface area contributed by atoms with Crippen molar-refractivity contribution in [3.8, 4) is 0 Å². The molecule has 0 aliphatic heterocycles. The highest BCUT2D eigenvalue weighted by Gasteiger charge is 2.17. The minimum atomic E-state index is -1.05. The number of nitrogens with two attached hydrogens (primary N) is 1. The molecule has 0 fully saturated rings. The van der Waals surface area contributed by atoms with E-state index in [4.69, 9.17) is 10.8 Å². The van der Waals surface area contributed by atoms with E-state index in [9.17, 15) is 9.59 Å². The Morgan fingerprint density at radius 2 is 2.16 bits per heavy atom. The van der Waals surface area contributed by atoms with Crippen molar-refractivity contribution < 1.29 is 19.4 Å². The number of aromatic nitrogens is 1. The smallest absolute Gasteiger partial charge is 0.415 e. The minimum Gasteiger partial charge on any atom is -0.468 e. The average Bonchev–Trinajstić information content (AvgIpc) is 2.82. The van der Waals surface area contributed by atoms with E-state index in [2.05, 4.69) is 4.74 Å². The number of hydrogen-bond donors (Lipinski definition) is 2. The van der Waals surface area contributed by atoms with E-state index >= 15 is 0 Å². The molecule has 0 radical (unpaired) electrons. The number of carbonyl (C=O) groups is 2. The number of fused-ring (bicyclic) bond motifs is 1. The largest absolute Gasteiger partial charge is 0.468 e. The number of methoxy groups -OCH3 is 1. The van der Waals surface area contributed by atoms with Crippen molar-refractivity contribution in [3.63, 3.8) is 0 Å². The van der Waals surface area contributed by atoms with Crippen molar-refractivity contribution in [1.29, 1.82) is 0 Å². The van der Waals surface area contributed by atoms with Crippen LogP contribution in [-0.4, -0.2) is 34.9 Å². The Balaban J connectivity index is 2.40. The Morgan fingerprint density at radius 3 is 2.79 bits per heavy atom. The molecule has 0 amide bonds. The summed E-state index contributed by atoms with van der Waals surface area (Å²) in [5.41, 5.74) is 7.11. The molecule has 0 aliphatic carbocycles. The van der Waals surface area contributed by atoms with Gasteiger partial charge in [0.05, 0.1) is 12.6 Å². The summed E-state index contributed by atoms with van der Waals surface area (Å²) >= 11 is 0. The maximum atomic E-state index is 11.3. The van der Waals surface area contributed by atoms with Crippen molar-refractivity contribution >= 4 is 23.0 Å². The summed E-state index contributed by atoms with van der Waals surface area (Å²) < 4.78 is 5.70. The van der Waals surface area contributed by atoms with Crippen LogP contribution in [0.4, 0.5) is 4.79 Å². The van der Waals surface area contributed by atoms with Crippen molar-refractivity contribution in [2.75, 3.05) is 7.11 Å². The van der Waals surface area contributed by atoms with Crippen LogP contribution in [0, 0.1) is 0 Å². The SMILES string of the molecule is COC(=O)C(N)Cc1cccc2c1ccn2C(=O)O. The lowest BCUT2D eigenvalue weighted by molar-refractivity contribution is -0.142. The number of rotatable bonds is 3. The Kier molecular flexibility index (Phi) is 3.52. The van der Waals surface area contributed by atoms with E-state index in [0.717, 1.165) is 15.5 Å². The molecule has 0 saturated heterocycles. The first-order chi connectivity index (χ1) is 9.04. The maximum Gasteiger partial charge on any atom is 0.415 e. The van der Waals surface area contributed by atoms with Crippen molar-refractivity contribution in [1.82, 2.24) is 4.57 Å². The van der Waals surface area contributed by atoms with Crippen LogP contribution in [-0.2, 0) is 16.0 Å². The first-order valence-electron chi connectivity index (χ1n) is 5.70. The topological polar surface area (TPSA) is 94.5 Å². The zero-order chi connectivity index (χ0) is 14.0. The molecule has 6 heteroatoms. The van der Waals surface area contributed by atoms with E-state index < -0.39 is 18.1 Å². The molecule has 1 aromatic carbocycles. The van der Waals surface area contributed by atoms with Crippen LogP contribution >= 0.6 is 0 Å². The van der Waals surface area contributed by atoms with Crippen LogP contribution in [0.1, 0.15) is 5.56 Å². The number of benzene rings is 1. The Bertz CT molecular complexity index is 633. The van der Waals surface area contributed by atoms with Gasteiger partial charge in [0.25, 0.3) is 0 Å². The third-order valence-corrected chi connectivity index (χ3v) is 2.97. The van der Waals surface area contributed by atoms with Gasteiger partial charge >= 0.3 is 12.1 Å². The van der Waals surface area contributed by atoms with Crippen LogP contribution in [0.15, 0.2) is 30.5 Å². The van der Waals surface area contributed by atoms with Crippen LogP contribution in [0.3, 0.4) is 0 Å². The van der Waals surface area contributed by atoms with Gasteiger partial charge in [0.2, 0.25) is 0 Å². The number of carbonyl (C=O) groups excluding carboxylic acids is 1. The second-order valence-electron chi connectivity index (χ2n) is 4.15. The fourth-order valence-electron chi connectivity index (χ4n) is 2.05. The maximum absolute atomic E-state index is 11.3. The van der Waals surface area contributed by atoms with E-state index in [-0.39, 0.29) is 0 Å². The number of nitrogens with zero attached hydrogens (tertiary/aromatic N) is 1. The van der Waals surface area contributed by atoms with Crippen LogP contribution < -0.4 is 5.73 Å². The molecule has 19 heavy (non-hydrogen) atoms. The molecular formula is C13H14N2O4. The standard InChI is InChI=1S/C13H14N2O4/c1-19-12(16)10(14)7-8-3-2-4-11-9(8)5-6-15(11)13(17)18/h2-6,10H,7,14H2,1H3,(H,17,18). The average molecular weight is 262 g/mol. The molecule has 1 unspecified atom stereocenters. The van der Waals surface area contributed by atoms with Gasteiger partial charge in [-0.3, -0.25) is 9.36 Å². The molecule has 0 saturated carbocycles. The monoisotopic (exact) mass is 262 g/mol. The molecule has 1 atom stereocenters. The third kappa shape index (κ3) is 2.43. The van der Waals surface area contributed by atoms with Gasteiger partial charge in [0.1, 0.15) is 6.04 Å². The zero-order valence-corrected chi connectivity index (χ0v) is 10.4. The van der Waals surface area contributed by atoms with Gasteiger partial charge in [0.15, 0.2) is 0 Å². The molecule has 0 bridgehead atoms. The van der Waals surface area contributed by atoms with E-state index in [0.29, 0.717) is 11.9 Å². The molecule has 1 aromatic heterocycles. The molecule has 1 heterocycles. The highest BCUT2D eigenvalue weighted by Crippen LogP contribution is 2.21. The van der Waals surface area contributed by atoms with Gasteiger partial charge in [-0.1, -0.05) is 12.1 Å². The number of esters is 1. The summed E-state index contributed by atoms with van der Waals surface area (Å²) in [4.78, 5) is 22.3. The second kappa shape index (κ2) is 5.11. The predicted molar refractivity (Wildman–Crippen MR) is 69.1 cm³/mol. The first kappa shape index (κ1) is 13.1. The van der Waals surface area contributed by atoms with Gasteiger partial charge in [-0.15, -0.1) is 0 Å². The zero-order valence-electron chi connectivity index (χ0n) is 10.4. The number of carboxylic acid groups (broad SMARTS) is 1. The van der Waals surface area contributed by atoms with Gasteiger partial charge in [-0.05, 0) is 24.1 Å². The van der Waals surface area contributed by atoms with E-state index in [1.807, 2.05) is 6.07 Å². The highest BCUT2D eigenvalue weighted by atomic mass is 16.5. The molecular weight excluding hydrogens is 248 g/mol. The summed E-state index contributed by atoms with van der Waals surface area (Å²) in [5, 5.41) is 9.80. The van der Waals surface area contributed by atoms with E-state index in [1.54, 1.807) is 18.2 Å². The predicted octanol–water partition coefficient (Wildman–Crippen LogP) is 1.21. The number of ether oxygens (including phenoxy) is 1. The van der Waals surface area contributed by atoms with Crippen LogP contribution in [0.5, 0.6) is 0 Å². The first-order valence-corrected chi connectivity index (χ1v) is 5.70. The fraction of sp³-hybridized carbons (Fsp3) is 0.231. The highest BCUT2D eigenvalue weighted by molar-refractivity contribution is 5.91. The van der Waals surface area contributed by atoms with Crippen molar-refractivity contribution in [3.05, 3.63) is 36.0 Å². The third-order valence-electron chi connectivity index (χ3n) is 2.97. The summed E-state index contributed by atoms with van der Waals surface area (Å²) in [6.07, 6.45) is 0.720. The lowest BCUT2D eigenvalue weighted by Crippen LogP contribution is -2.33. The second-order valence-corrected chi connectivity index (χ2v) is 4.15. The molecule has 3 N–H and O–H groups in total. The number of hydrogen-bond acceptors (Lipinski definition) is 4. The molecule has 0 spiro atoms. The van der Waals surface area contributed by atoms with Gasteiger partial charge in [-0.25, -0.2) is 4.79 Å². The van der Waals surface area contributed by atoms with Crippen LogP contribution in [0.2, 0.25) is 0 Å². The molecule has 2 aromatic rings. The molecule has 2 rings (SSSR count). The summed E-state index contributed by atoms with van der Waals surface area (Å²) in [7, 11) is 1.28. The molecule has 100 valence electrons. The van der Waals surface area contributed by atoms with Gasteiger partial charge in [0, 0.05) is 11.6 Å². The van der Waals surface area contributed by atoms with Crippen molar-refractivity contribution in [2.45, 2.75) is 12.5 Å². The Morgan fingerprint density at radius 1 is 1.42 bits per heavy atom. The summed E-state index contributed by atoms with van der Waals surface area (Å²) in [6, 6.07) is 6.20. The lowest BCUT2D eigenvalue weighted by atomic mass is 10.0. The Hall–Kier alpha value is -2.34. The molecule has 0 aliphatic rings. The lowest BCUT2D eigenvalue weighted by Gasteiger charge is -2.10.